The topological polar surface area (TPSA) is 66.8 Å². The highest BCUT2D eigenvalue weighted by Crippen LogP contribution is 2.44. The van der Waals surface area contributed by atoms with Gasteiger partial charge in [-0.05, 0) is 41.0 Å². The van der Waals surface area contributed by atoms with Crippen LogP contribution in [0.2, 0.25) is 0 Å². The maximum atomic E-state index is 12.7. The van der Waals surface area contributed by atoms with Crippen molar-refractivity contribution in [3.05, 3.63) is 72.3 Å². The Morgan fingerprint density at radius 3 is 2.29 bits per heavy atom. The van der Waals surface area contributed by atoms with E-state index in [1.165, 1.54) is 4.90 Å². The largest absolute Gasteiger partial charge is 0.480 e. The van der Waals surface area contributed by atoms with Crippen molar-refractivity contribution in [1.29, 1.82) is 0 Å². The van der Waals surface area contributed by atoms with Crippen LogP contribution in [0.3, 0.4) is 0 Å². The highest BCUT2D eigenvalue weighted by molar-refractivity contribution is 5.82. The van der Waals surface area contributed by atoms with Crippen molar-refractivity contribution in [1.82, 2.24) is 4.90 Å². The molecule has 1 saturated heterocycles. The molecular weight excluding hydrogens is 354 g/mol. The van der Waals surface area contributed by atoms with Crippen LogP contribution in [-0.2, 0) is 9.53 Å². The van der Waals surface area contributed by atoms with Gasteiger partial charge in [-0.3, -0.25) is 4.90 Å². The van der Waals surface area contributed by atoms with Gasteiger partial charge in [0.2, 0.25) is 0 Å². The molecule has 5 heteroatoms. The van der Waals surface area contributed by atoms with Crippen LogP contribution in [0.5, 0.6) is 0 Å². The SMILES string of the molecule is C=CC[C@H]1CCN(C(=O)OCC2c3ccccc3-c3ccccc32)[C@@H]1C(=O)O. The number of carboxylic acids is 1. The number of hydrogen-bond acceptors (Lipinski definition) is 3. The summed E-state index contributed by atoms with van der Waals surface area (Å²) in [7, 11) is 0. The van der Waals surface area contributed by atoms with Crippen molar-refractivity contribution >= 4 is 12.1 Å². The molecule has 2 atom stereocenters. The van der Waals surface area contributed by atoms with Crippen molar-refractivity contribution in [3.8, 4) is 11.1 Å². The van der Waals surface area contributed by atoms with Gasteiger partial charge in [-0.1, -0.05) is 54.6 Å². The highest BCUT2D eigenvalue weighted by atomic mass is 16.6. The molecule has 0 unspecified atom stereocenters. The number of carbonyl (C=O) groups is 2. The Balaban J connectivity index is 1.51. The van der Waals surface area contributed by atoms with Crippen LogP contribution in [0.25, 0.3) is 11.1 Å². The average Bonchev–Trinajstić information content (AvgIpc) is 3.26. The molecule has 0 spiro atoms. The Morgan fingerprint density at radius 2 is 1.71 bits per heavy atom. The highest BCUT2D eigenvalue weighted by Gasteiger charge is 2.42. The smallest absolute Gasteiger partial charge is 0.410 e. The molecule has 2 aromatic carbocycles. The summed E-state index contributed by atoms with van der Waals surface area (Å²) in [5, 5.41) is 9.59. The number of ether oxygens (including phenoxy) is 1. The monoisotopic (exact) mass is 377 g/mol. The molecular formula is C23H23NO4. The lowest BCUT2D eigenvalue weighted by atomic mass is 9.97. The van der Waals surface area contributed by atoms with E-state index in [0.717, 1.165) is 22.3 Å². The molecule has 1 amide bonds. The summed E-state index contributed by atoms with van der Waals surface area (Å²) in [4.78, 5) is 25.8. The number of fused-ring (bicyclic) bond motifs is 3. The average molecular weight is 377 g/mol. The van der Waals surface area contributed by atoms with Gasteiger partial charge in [0.15, 0.2) is 0 Å². The summed E-state index contributed by atoms with van der Waals surface area (Å²) in [5.74, 6) is -1.14. The summed E-state index contributed by atoms with van der Waals surface area (Å²) < 4.78 is 5.63. The standard InChI is InChI=1S/C23H23NO4/c1-2-7-15-12-13-24(21(15)22(25)26)23(27)28-14-20-18-10-5-3-8-16(18)17-9-4-6-11-19(17)20/h2-6,8-11,15,20-21H,1,7,12-14H2,(H,25,26)/t15-,21-/m0/s1. The van der Waals surface area contributed by atoms with Crippen molar-refractivity contribution in [2.75, 3.05) is 13.2 Å². The molecule has 0 aromatic heterocycles. The third kappa shape index (κ3) is 3.07. The van der Waals surface area contributed by atoms with Gasteiger partial charge in [-0.2, -0.15) is 0 Å². The van der Waals surface area contributed by atoms with Crippen LogP contribution in [0.1, 0.15) is 29.9 Å². The van der Waals surface area contributed by atoms with Crippen molar-refractivity contribution in [3.63, 3.8) is 0 Å². The lowest BCUT2D eigenvalue weighted by molar-refractivity contribution is -0.143. The van der Waals surface area contributed by atoms with Gasteiger partial charge in [0.1, 0.15) is 12.6 Å². The maximum Gasteiger partial charge on any atom is 0.410 e. The van der Waals surface area contributed by atoms with Crippen molar-refractivity contribution in [2.24, 2.45) is 5.92 Å². The Morgan fingerprint density at radius 1 is 1.11 bits per heavy atom. The molecule has 1 aliphatic carbocycles. The van der Waals surface area contributed by atoms with E-state index in [1.807, 2.05) is 24.3 Å². The summed E-state index contributed by atoms with van der Waals surface area (Å²) in [6.07, 6.45) is 2.37. The minimum atomic E-state index is -0.988. The number of carboxylic acid groups (broad SMARTS) is 1. The summed E-state index contributed by atoms with van der Waals surface area (Å²) in [5.41, 5.74) is 4.60. The lowest BCUT2D eigenvalue weighted by Crippen LogP contribution is -2.43. The molecule has 0 radical (unpaired) electrons. The van der Waals surface area contributed by atoms with E-state index in [4.69, 9.17) is 4.74 Å². The molecule has 28 heavy (non-hydrogen) atoms. The van der Waals surface area contributed by atoms with E-state index in [2.05, 4.69) is 30.8 Å². The molecule has 144 valence electrons. The zero-order valence-electron chi connectivity index (χ0n) is 15.6. The number of allylic oxidation sites excluding steroid dienone is 1. The van der Waals surface area contributed by atoms with Crippen LogP contribution in [0.15, 0.2) is 61.2 Å². The predicted molar refractivity (Wildman–Crippen MR) is 106 cm³/mol. The normalized spacial score (nSPS) is 20.5. The van der Waals surface area contributed by atoms with Crippen LogP contribution < -0.4 is 0 Å². The molecule has 1 fully saturated rings. The second kappa shape index (κ2) is 7.50. The van der Waals surface area contributed by atoms with Crippen LogP contribution in [0.4, 0.5) is 4.79 Å². The first-order valence-corrected chi connectivity index (χ1v) is 9.57. The molecule has 5 nitrogen and oxygen atoms in total. The van der Waals surface area contributed by atoms with Crippen molar-refractivity contribution in [2.45, 2.75) is 24.8 Å². The summed E-state index contributed by atoms with van der Waals surface area (Å²) >= 11 is 0. The fourth-order valence-corrected chi connectivity index (χ4v) is 4.53. The van der Waals surface area contributed by atoms with Crippen LogP contribution >= 0.6 is 0 Å². The van der Waals surface area contributed by atoms with Gasteiger partial charge in [0.25, 0.3) is 0 Å². The van der Waals surface area contributed by atoms with Gasteiger partial charge in [-0.15, -0.1) is 6.58 Å². The van der Waals surface area contributed by atoms with Crippen LogP contribution in [-0.4, -0.2) is 41.3 Å². The molecule has 1 N–H and O–H groups in total. The zero-order chi connectivity index (χ0) is 19.7. The number of rotatable bonds is 5. The van der Waals surface area contributed by atoms with Gasteiger partial charge in [0.05, 0.1) is 0 Å². The number of benzene rings is 2. The van der Waals surface area contributed by atoms with E-state index in [-0.39, 0.29) is 18.4 Å². The number of carbonyl (C=O) groups excluding carboxylic acids is 1. The molecule has 4 rings (SSSR count). The fraction of sp³-hybridized carbons (Fsp3) is 0.304. The number of hydrogen-bond donors (Lipinski definition) is 1. The van der Waals surface area contributed by atoms with Gasteiger partial charge >= 0.3 is 12.1 Å². The molecule has 1 aliphatic heterocycles. The van der Waals surface area contributed by atoms with Gasteiger partial charge in [-0.25, -0.2) is 9.59 Å². The minimum absolute atomic E-state index is 0.0359. The second-order valence-corrected chi connectivity index (χ2v) is 7.35. The second-order valence-electron chi connectivity index (χ2n) is 7.35. The molecule has 0 saturated carbocycles. The van der Waals surface area contributed by atoms with E-state index in [0.29, 0.717) is 19.4 Å². The Kier molecular flexibility index (Phi) is 4.90. The summed E-state index contributed by atoms with van der Waals surface area (Å²) in [6.45, 7) is 4.28. The molecule has 0 bridgehead atoms. The van der Waals surface area contributed by atoms with E-state index in [1.54, 1.807) is 6.08 Å². The zero-order valence-corrected chi connectivity index (χ0v) is 15.6. The first kappa shape index (κ1) is 18.3. The quantitative estimate of drug-likeness (QED) is 0.790. The fourth-order valence-electron chi connectivity index (χ4n) is 4.53. The lowest BCUT2D eigenvalue weighted by Gasteiger charge is -2.24. The Hall–Kier alpha value is -3.08. The van der Waals surface area contributed by atoms with E-state index in [9.17, 15) is 14.7 Å². The third-order valence-electron chi connectivity index (χ3n) is 5.82. The number of nitrogens with zero attached hydrogens (tertiary/aromatic N) is 1. The Labute approximate surface area is 164 Å². The summed E-state index contributed by atoms with van der Waals surface area (Å²) in [6, 6.07) is 15.4. The van der Waals surface area contributed by atoms with Crippen LogP contribution in [0, 0.1) is 5.92 Å². The Bertz CT molecular complexity index is 877. The molecule has 2 aliphatic rings. The number of aliphatic carboxylic acids is 1. The van der Waals surface area contributed by atoms with Crippen molar-refractivity contribution < 1.29 is 19.4 Å². The van der Waals surface area contributed by atoms with Gasteiger partial charge < -0.3 is 9.84 Å². The number of likely N-dealkylation sites (tertiary alicyclic amines) is 1. The number of amides is 1. The van der Waals surface area contributed by atoms with E-state index >= 15 is 0 Å². The first-order valence-electron chi connectivity index (χ1n) is 9.57. The van der Waals surface area contributed by atoms with E-state index < -0.39 is 18.1 Å². The maximum absolute atomic E-state index is 12.7. The molecule has 2 aromatic rings. The third-order valence-corrected chi connectivity index (χ3v) is 5.82. The predicted octanol–water partition coefficient (Wildman–Crippen LogP) is 4.29. The first-order chi connectivity index (χ1) is 13.6. The minimum Gasteiger partial charge on any atom is -0.480 e. The molecule has 1 heterocycles. The van der Waals surface area contributed by atoms with Gasteiger partial charge in [0, 0.05) is 12.5 Å².